The number of hydrogen-bond acceptors (Lipinski definition) is 2. The van der Waals surface area contributed by atoms with Crippen molar-refractivity contribution in [1.82, 2.24) is 9.88 Å². The van der Waals surface area contributed by atoms with E-state index in [1.807, 2.05) is 11.0 Å². The van der Waals surface area contributed by atoms with Crippen LogP contribution in [0.5, 0.6) is 0 Å². The summed E-state index contributed by atoms with van der Waals surface area (Å²) < 4.78 is 0. The highest BCUT2D eigenvalue weighted by molar-refractivity contribution is 6.30. The average Bonchev–Trinajstić information content (AvgIpc) is 2.29. The van der Waals surface area contributed by atoms with E-state index in [4.69, 9.17) is 11.6 Å². The second-order valence-electron chi connectivity index (χ2n) is 4.44. The Kier molecular flexibility index (Phi) is 4.37. The summed E-state index contributed by atoms with van der Waals surface area (Å²) in [5, 5.41) is 0.675. The Bertz CT molecular complexity index is 395. The van der Waals surface area contributed by atoms with Crippen LogP contribution in [0.3, 0.4) is 0 Å². The van der Waals surface area contributed by atoms with Crippen molar-refractivity contribution in [3.8, 4) is 0 Å². The van der Waals surface area contributed by atoms with E-state index in [-0.39, 0.29) is 5.91 Å². The van der Waals surface area contributed by atoms with Gasteiger partial charge in [0.2, 0.25) is 5.91 Å². The summed E-state index contributed by atoms with van der Waals surface area (Å²) in [6.45, 7) is 1.42. The normalized spacial score (nSPS) is 17.7. The van der Waals surface area contributed by atoms with Crippen molar-refractivity contribution in [1.29, 1.82) is 0 Å². The van der Waals surface area contributed by atoms with Crippen LogP contribution in [0, 0.1) is 0 Å². The number of rotatable bonds is 2. The predicted octanol–water partition coefficient (Wildman–Crippen LogP) is 3.03. The number of likely N-dealkylation sites (tertiary alicyclic amines) is 1. The summed E-state index contributed by atoms with van der Waals surface area (Å²) >= 11 is 5.91. The zero-order valence-electron chi connectivity index (χ0n) is 9.86. The third-order valence-corrected chi connectivity index (χ3v) is 3.29. The molecule has 92 valence electrons. The second-order valence-corrected chi connectivity index (χ2v) is 4.88. The molecule has 0 aromatic carbocycles. The van der Waals surface area contributed by atoms with Crippen molar-refractivity contribution >= 4 is 17.5 Å². The fraction of sp³-hybridized carbons (Fsp3) is 0.538. The standard InChI is InChI=1S/C13H17ClN2O/c14-11-6-7-15-12(9-11)10-16-8-4-2-1-3-5-13(16)17/h6-7,9H,1-5,8,10H2. The topological polar surface area (TPSA) is 33.2 Å². The van der Waals surface area contributed by atoms with Crippen molar-refractivity contribution in [2.45, 2.75) is 38.6 Å². The van der Waals surface area contributed by atoms with Crippen molar-refractivity contribution in [3.05, 3.63) is 29.0 Å². The summed E-state index contributed by atoms with van der Waals surface area (Å²) in [5.41, 5.74) is 0.867. The van der Waals surface area contributed by atoms with Crippen LogP contribution >= 0.6 is 11.6 Å². The van der Waals surface area contributed by atoms with Crippen LogP contribution in [-0.2, 0) is 11.3 Å². The molecule has 17 heavy (non-hydrogen) atoms. The maximum absolute atomic E-state index is 11.9. The average molecular weight is 253 g/mol. The van der Waals surface area contributed by atoms with Gasteiger partial charge in [0.05, 0.1) is 12.2 Å². The van der Waals surface area contributed by atoms with Crippen molar-refractivity contribution in [3.63, 3.8) is 0 Å². The summed E-state index contributed by atoms with van der Waals surface area (Å²) in [6, 6.07) is 3.58. The van der Waals surface area contributed by atoms with Crippen LogP contribution in [0.1, 0.15) is 37.8 Å². The lowest BCUT2D eigenvalue weighted by Gasteiger charge is -2.24. The number of aromatic nitrogens is 1. The molecule has 2 heterocycles. The van der Waals surface area contributed by atoms with Gasteiger partial charge in [0.25, 0.3) is 0 Å². The fourth-order valence-corrected chi connectivity index (χ4v) is 2.30. The lowest BCUT2D eigenvalue weighted by molar-refractivity contribution is -0.132. The maximum atomic E-state index is 11.9. The van der Waals surface area contributed by atoms with E-state index in [0.29, 0.717) is 18.0 Å². The Balaban J connectivity index is 2.02. The number of carbonyl (C=O) groups excluding carboxylic acids is 1. The Labute approximate surface area is 107 Å². The summed E-state index contributed by atoms with van der Waals surface area (Å²) in [4.78, 5) is 18.1. The van der Waals surface area contributed by atoms with Crippen LogP contribution in [0.4, 0.5) is 0 Å². The molecule has 0 aliphatic carbocycles. The minimum atomic E-state index is 0.242. The van der Waals surface area contributed by atoms with E-state index in [1.165, 1.54) is 12.8 Å². The van der Waals surface area contributed by atoms with Crippen LogP contribution in [0.25, 0.3) is 0 Å². The lowest BCUT2D eigenvalue weighted by atomic mass is 10.1. The van der Waals surface area contributed by atoms with Gasteiger partial charge in [0.1, 0.15) is 0 Å². The molecule has 1 amide bonds. The first-order chi connectivity index (χ1) is 8.25. The van der Waals surface area contributed by atoms with Crippen molar-refractivity contribution < 1.29 is 4.79 Å². The second kappa shape index (κ2) is 6.01. The van der Waals surface area contributed by atoms with Gasteiger partial charge in [0.15, 0.2) is 0 Å². The Morgan fingerprint density at radius 2 is 2.12 bits per heavy atom. The highest BCUT2D eigenvalue weighted by Crippen LogP contribution is 2.15. The number of hydrogen-bond donors (Lipinski definition) is 0. The minimum Gasteiger partial charge on any atom is -0.337 e. The molecule has 3 nitrogen and oxygen atoms in total. The van der Waals surface area contributed by atoms with E-state index in [1.54, 1.807) is 12.3 Å². The number of halogens is 1. The Morgan fingerprint density at radius 3 is 2.94 bits per heavy atom. The van der Waals surface area contributed by atoms with E-state index in [9.17, 15) is 4.79 Å². The molecule has 0 atom stereocenters. The molecule has 0 spiro atoms. The molecule has 0 N–H and O–H groups in total. The largest absolute Gasteiger partial charge is 0.337 e. The lowest BCUT2D eigenvalue weighted by Crippen LogP contribution is -2.32. The Hall–Kier alpha value is -1.09. The first-order valence-corrected chi connectivity index (χ1v) is 6.52. The molecule has 0 radical (unpaired) electrons. The quantitative estimate of drug-likeness (QED) is 0.811. The molecule has 0 saturated carbocycles. The molecule has 0 unspecified atom stereocenters. The van der Waals surface area contributed by atoms with Crippen LogP contribution < -0.4 is 0 Å². The third-order valence-electron chi connectivity index (χ3n) is 3.05. The van der Waals surface area contributed by atoms with Crippen LogP contribution in [-0.4, -0.2) is 22.3 Å². The molecule has 1 fully saturated rings. The molecule has 0 bridgehead atoms. The highest BCUT2D eigenvalue weighted by Gasteiger charge is 2.16. The minimum absolute atomic E-state index is 0.242. The van der Waals surface area contributed by atoms with Gasteiger partial charge in [-0.1, -0.05) is 24.4 Å². The predicted molar refractivity (Wildman–Crippen MR) is 67.7 cm³/mol. The summed E-state index contributed by atoms with van der Waals surface area (Å²) in [5.74, 6) is 0.242. The van der Waals surface area contributed by atoms with Gasteiger partial charge in [0, 0.05) is 24.2 Å². The Morgan fingerprint density at radius 1 is 1.29 bits per heavy atom. The van der Waals surface area contributed by atoms with Gasteiger partial charge < -0.3 is 4.90 Å². The van der Waals surface area contributed by atoms with E-state index >= 15 is 0 Å². The molecule has 1 aromatic heterocycles. The molecule has 4 heteroatoms. The molecule has 1 saturated heterocycles. The third kappa shape index (κ3) is 3.70. The zero-order chi connectivity index (χ0) is 12.1. The first-order valence-electron chi connectivity index (χ1n) is 6.14. The molecule has 1 aliphatic rings. The molecule has 1 aromatic rings. The number of nitrogens with zero attached hydrogens (tertiary/aromatic N) is 2. The van der Waals surface area contributed by atoms with Gasteiger partial charge >= 0.3 is 0 Å². The van der Waals surface area contributed by atoms with E-state index < -0.39 is 0 Å². The smallest absolute Gasteiger partial charge is 0.222 e. The molecular formula is C13H17ClN2O. The van der Waals surface area contributed by atoms with Gasteiger partial charge in [-0.25, -0.2) is 0 Å². The monoisotopic (exact) mass is 252 g/mol. The van der Waals surface area contributed by atoms with Gasteiger partial charge in [-0.05, 0) is 25.0 Å². The zero-order valence-corrected chi connectivity index (χ0v) is 10.6. The highest BCUT2D eigenvalue weighted by atomic mass is 35.5. The van der Waals surface area contributed by atoms with E-state index in [2.05, 4.69) is 4.98 Å². The first kappa shape index (κ1) is 12.4. The van der Waals surface area contributed by atoms with Gasteiger partial charge in [-0.15, -0.1) is 0 Å². The van der Waals surface area contributed by atoms with Crippen molar-refractivity contribution in [2.24, 2.45) is 0 Å². The number of carbonyl (C=O) groups is 1. The van der Waals surface area contributed by atoms with Crippen LogP contribution in [0.15, 0.2) is 18.3 Å². The van der Waals surface area contributed by atoms with E-state index in [0.717, 1.165) is 25.1 Å². The maximum Gasteiger partial charge on any atom is 0.222 e. The van der Waals surface area contributed by atoms with Gasteiger partial charge in [-0.2, -0.15) is 0 Å². The number of amides is 1. The summed E-state index contributed by atoms with van der Waals surface area (Å²) in [6.07, 6.45) is 6.85. The van der Waals surface area contributed by atoms with Gasteiger partial charge in [-0.3, -0.25) is 9.78 Å². The molecule has 2 rings (SSSR count). The molecule has 1 aliphatic heterocycles. The SMILES string of the molecule is O=C1CCCCCCN1Cc1cc(Cl)ccn1. The number of pyridine rings is 1. The van der Waals surface area contributed by atoms with Crippen molar-refractivity contribution in [2.75, 3.05) is 6.54 Å². The van der Waals surface area contributed by atoms with Crippen LogP contribution in [0.2, 0.25) is 5.02 Å². The fourth-order valence-electron chi connectivity index (χ4n) is 2.11. The molecular weight excluding hydrogens is 236 g/mol. The summed E-state index contributed by atoms with van der Waals surface area (Å²) in [7, 11) is 0.